The van der Waals surface area contributed by atoms with Crippen LogP contribution in [0.4, 0.5) is 0 Å². The van der Waals surface area contributed by atoms with Crippen molar-refractivity contribution in [3.05, 3.63) is 64.8 Å². The number of hydrogen-bond acceptors (Lipinski definition) is 3. The molecular formula is C16H18BrIN6. The van der Waals surface area contributed by atoms with Crippen molar-refractivity contribution in [2.24, 2.45) is 4.99 Å². The van der Waals surface area contributed by atoms with Crippen LogP contribution in [0.3, 0.4) is 0 Å². The van der Waals surface area contributed by atoms with Gasteiger partial charge in [0.2, 0.25) is 0 Å². The Hall–Kier alpha value is -1.68. The van der Waals surface area contributed by atoms with Crippen molar-refractivity contribution in [2.75, 3.05) is 7.05 Å². The Morgan fingerprint density at radius 1 is 1.12 bits per heavy atom. The molecule has 126 valence electrons. The zero-order valence-corrected chi connectivity index (χ0v) is 17.0. The zero-order chi connectivity index (χ0) is 16.1. The smallest absolute Gasteiger partial charge is 0.191 e. The van der Waals surface area contributed by atoms with Crippen molar-refractivity contribution in [3.8, 4) is 0 Å². The number of imidazole rings is 1. The molecule has 0 aromatic carbocycles. The van der Waals surface area contributed by atoms with Gasteiger partial charge in [0.05, 0.1) is 24.5 Å². The lowest BCUT2D eigenvalue weighted by molar-refractivity contribution is 0.786. The predicted octanol–water partition coefficient (Wildman–Crippen LogP) is 2.98. The molecule has 0 aliphatic carbocycles. The Morgan fingerprint density at radius 2 is 1.92 bits per heavy atom. The number of fused-ring (bicyclic) bond motifs is 1. The molecule has 0 bridgehead atoms. The highest BCUT2D eigenvalue weighted by Gasteiger charge is 2.04. The minimum absolute atomic E-state index is 0. The van der Waals surface area contributed by atoms with Crippen LogP contribution in [-0.4, -0.2) is 27.4 Å². The van der Waals surface area contributed by atoms with Crippen LogP contribution < -0.4 is 10.6 Å². The van der Waals surface area contributed by atoms with E-state index in [1.807, 2.05) is 47.1 Å². The Bertz CT molecular complexity index is 818. The molecule has 0 saturated carbocycles. The van der Waals surface area contributed by atoms with Gasteiger partial charge in [0, 0.05) is 30.1 Å². The molecular weight excluding hydrogens is 483 g/mol. The molecule has 6 nitrogen and oxygen atoms in total. The summed E-state index contributed by atoms with van der Waals surface area (Å²) in [7, 11) is 1.74. The lowest BCUT2D eigenvalue weighted by Crippen LogP contribution is -2.36. The van der Waals surface area contributed by atoms with E-state index in [0.29, 0.717) is 19.0 Å². The Kier molecular flexibility index (Phi) is 6.98. The third kappa shape index (κ3) is 4.91. The highest BCUT2D eigenvalue weighted by Crippen LogP contribution is 2.12. The molecule has 0 unspecified atom stereocenters. The second-order valence-corrected chi connectivity index (χ2v) is 5.86. The van der Waals surface area contributed by atoms with E-state index in [2.05, 4.69) is 41.5 Å². The van der Waals surface area contributed by atoms with Crippen LogP contribution in [0.25, 0.3) is 5.65 Å². The molecule has 8 heteroatoms. The topological polar surface area (TPSA) is 66.6 Å². The fourth-order valence-corrected chi connectivity index (χ4v) is 2.53. The zero-order valence-electron chi connectivity index (χ0n) is 13.1. The lowest BCUT2D eigenvalue weighted by atomic mass is 10.3. The first-order chi connectivity index (χ1) is 11.2. The maximum Gasteiger partial charge on any atom is 0.191 e. The van der Waals surface area contributed by atoms with E-state index < -0.39 is 0 Å². The molecule has 0 aliphatic heterocycles. The minimum atomic E-state index is 0. The molecule has 0 radical (unpaired) electrons. The van der Waals surface area contributed by atoms with Crippen LogP contribution in [0, 0.1) is 0 Å². The molecule has 3 aromatic rings. The number of nitrogens with zero attached hydrogens (tertiary/aromatic N) is 4. The molecule has 3 aromatic heterocycles. The first-order valence-electron chi connectivity index (χ1n) is 7.22. The van der Waals surface area contributed by atoms with Crippen LogP contribution in [-0.2, 0) is 13.1 Å². The summed E-state index contributed by atoms with van der Waals surface area (Å²) in [5, 5.41) is 6.49. The van der Waals surface area contributed by atoms with Gasteiger partial charge in [-0.05, 0) is 40.2 Å². The van der Waals surface area contributed by atoms with Crippen molar-refractivity contribution < 1.29 is 0 Å². The van der Waals surface area contributed by atoms with Crippen molar-refractivity contribution in [1.82, 2.24) is 25.0 Å². The predicted molar refractivity (Wildman–Crippen MR) is 110 cm³/mol. The summed E-state index contributed by atoms with van der Waals surface area (Å²) >= 11 is 3.46. The van der Waals surface area contributed by atoms with Crippen LogP contribution >= 0.6 is 39.9 Å². The second-order valence-electron chi connectivity index (χ2n) is 4.95. The summed E-state index contributed by atoms with van der Waals surface area (Å²) in [5.74, 6) is 0.717. The van der Waals surface area contributed by atoms with Crippen LogP contribution in [0.5, 0.6) is 0 Å². The number of aliphatic imine (C=N–C) groups is 1. The first-order valence-corrected chi connectivity index (χ1v) is 8.01. The van der Waals surface area contributed by atoms with Gasteiger partial charge in [-0.1, -0.05) is 6.07 Å². The molecule has 0 amide bonds. The summed E-state index contributed by atoms with van der Waals surface area (Å²) in [6.07, 6.45) is 5.76. The average Bonchev–Trinajstić information content (AvgIpc) is 2.98. The average molecular weight is 501 g/mol. The van der Waals surface area contributed by atoms with Gasteiger partial charge in [-0.2, -0.15) is 0 Å². The number of nitrogens with one attached hydrogen (secondary N) is 2. The van der Waals surface area contributed by atoms with E-state index in [1.165, 1.54) is 0 Å². The molecule has 0 fully saturated rings. The van der Waals surface area contributed by atoms with E-state index in [9.17, 15) is 0 Å². The number of pyridine rings is 2. The largest absolute Gasteiger partial charge is 0.351 e. The first kappa shape index (κ1) is 18.7. The normalized spacial score (nSPS) is 11.2. The third-order valence-corrected chi connectivity index (χ3v) is 3.76. The van der Waals surface area contributed by atoms with Gasteiger partial charge in [0.1, 0.15) is 5.65 Å². The van der Waals surface area contributed by atoms with Crippen molar-refractivity contribution in [1.29, 1.82) is 0 Å². The van der Waals surface area contributed by atoms with Gasteiger partial charge >= 0.3 is 0 Å². The lowest BCUT2D eigenvalue weighted by Gasteiger charge is -2.10. The van der Waals surface area contributed by atoms with Crippen molar-refractivity contribution >= 4 is 51.5 Å². The second kappa shape index (κ2) is 8.97. The van der Waals surface area contributed by atoms with Gasteiger partial charge < -0.3 is 15.0 Å². The van der Waals surface area contributed by atoms with E-state index >= 15 is 0 Å². The number of hydrogen-bond donors (Lipinski definition) is 2. The molecule has 0 saturated heterocycles. The molecule has 24 heavy (non-hydrogen) atoms. The fraction of sp³-hybridized carbons (Fsp3) is 0.188. The molecule has 0 aliphatic rings. The molecule has 2 N–H and O–H groups in total. The number of rotatable bonds is 4. The van der Waals surface area contributed by atoms with E-state index in [-0.39, 0.29) is 24.0 Å². The van der Waals surface area contributed by atoms with Gasteiger partial charge in [-0.3, -0.25) is 9.98 Å². The van der Waals surface area contributed by atoms with Gasteiger partial charge in [-0.25, -0.2) is 4.98 Å². The van der Waals surface area contributed by atoms with Crippen molar-refractivity contribution in [2.45, 2.75) is 13.1 Å². The standard InChI is InChI=1S/C16H17BrN6.HI/c1-18-16(20-8-13-4-2-3-7-19-13)21-9-14-11-23-10-12(17)5-6-15(23)22-14;/h2-7,10-11H,8-9H2,1H3,(H2,18,20,21);1H. The van der Waals surface area contributed by atoms with Gasteiger partial charge in [0.25, 0.3) is 0 Å². The maximum atomic E-state index is 4.56. The summed E-state index contributed by atoms with van der Waals surface area (Å²) in [6.45, 7) is 1.22. The SMILES string of the molecule is CN=C(NCc1ccccn1)NCc1cn2cc(Br)ccc2n1.I. The Morgan fingerprint density at radius 3 is 2.62 bits per heavy atom. The molecule has 0 atom stereocenters. The monoisotopic (exact) mass is 500 g/mol. The summed E-state index contributed by atoms with van der Waals surface area (Å²) < 4.78 is 3.01. The fourth-order valence-electron chi connectivity index (χ4n) is 2.17. The Balaban J connectivity index is 0.00000208. The van der Waals surface area contributed by atoms with Crippen LogP contribution in [0.15, 0.2) is 58.4 Å². The highest BCUT2D eigenvalue weighted by atomic mass is 127. The summed E-state index contributed by atoms with van der Waals surface area (Å²) in [6, 6.07) is 9.79. The molecule has 3 heterocycles. The van der Waals surface area contributed by atoms with Gasteiger partial charge in [0.15, 0.2) is 5.96 Å². The quantitative estimate of drug-likeness (QED) is 0.328. The maximum absolute atomic E-state index is 4.56. The van der Waals surface area contributed by atoms with Crippen LogP contribution in [0.1, 0.15) is 11.4 Å². The Labute approximate surface area is 166 Å². The van der Waals surface area contributed by atoms with Gasteiger partial charge in [-0.15, -0.1) is 24.0 Å². The minimum Gasteiger partial charge on any atom is -0.351 e. The van der Waals surface area contributed by atoms with Crippen molar-refractivity contribution in [3.63, 3.8) is 0 Å². The summed E-state index contributed by atoms with van der Waals surface area (Å²) in [5.41, 5.74) is 2.83. The number of halogens is 2. The van der Waals surface area contributed by atoms with E-state index in [4.69, 9.17) is 0 Å². The van der Waals surface area contributed by atoms with E-state index in [0.717, 1.165) is 21.5 Å². The number of aromatic nitrogens is 3. The molecule has 3 rings (SSSR count). The van der Waals surface area contributed by atoms with Crippen LogP contribution in [0.2, 0.25) is 0 Å². The highest BCUT2D eigenvalue weighted by molar-refractivity contribution is 14.0. The van der Waals surface area contributed by atoms with E-state index in [1.54, 1.807) is 13.2 Å². The molecule has 0 spiro atoms. The summed E-state index contributed by atoms with van der Waals surface area (Å²) in [4.78, 5) is 13.0. The third-order valence-electron chi connectivity index (χ3n) is 3.29. The number of guanidine groups is 1.